The molecule has 0 aliphatic carbocycles. The Bertz CT molecular complexity index is 1480. The van der Waals surface area contributed by atoms with E-state index in [2.05, 4.69) is 25.4 Å². The van der Waals surface area contributed by atoms with Gasteiger partial charge in [-0.25, -0.2) is 9.97 Å². The highest BCUT2D eigenvalue weighted by molar-refractivity contribution is 5.84. The molecule has 226 valence electrons. The number of halogens is 3. The van der Waals surface area contributed by atoms with Crippen molar-refractivity contribution in [1.82, 2.24) is 20.4 Å². The molecule has 3 aromatic rings. The van der Waals surface area contributed by atoms with E-state index < -0.39 is 17.8 Å². The highest BCUT2D eigenvalue weighted by Gasteiger charge is 2.36. The summed E-state index contributed by atoms with van der Waals surface area (Å²) >= 11 is 0. The summed E-state index contributed by atoms with van der Waals surface area (Å²) in [6.07, 6.45) is -3.81. The Hall–Kier alpha value is -3.97. The number of aliphatic hydroxyl groups is 1. The third-order valence-electron chi connectivity index (χ3n) is 6.77. The number of nitrogens with two attached hydrogens (primary N) is 1. The van der Waals surface area contributed by atoms with Crippen molar-refractivity contribution in [2.24, 2.45) is 10.7 Å². The lowest BCUT2D eigenvalue weighted by atomic mass is 10.0. The van der Waals surface area contributed by atoms with Crippen LogP contribution in [0.4, 0.5) is 19.0 Å². The molecule has 4 rings (SSSR count). The molecule has 13 heteroatoms. The van der Waals surface area contributed by atoms with E-state index in [1.807, 2.05) is 25.7 Å². The van der Waals surface area contributed by atoms with Gasteiger partial charge in [0.15, 0.2) is 5.82 Å². The molecular weight excluding hydrogens is 551 g/mol. The number of nitrogens with one attached hydrogen (secondary N) is 1. The number of aliphatic imine (C=N–C) groups is 1. The number of hydrogen-bond acceptors (Lipinski definition) is 10. The SMILES string of the molecule is CNC[C@@H](O)COc1ccc(C(F)(F)F)c(-c2nc(-c3c(C)noc3C)c(C)c(N3CC(N)=C(C=NC(C)C)C3)n2)c1. The number of alkyl halides is 3. The number of aryl methyl sites for hydroxylation is 2. The Balaban J connectivity index is 1.88. The fourth-order valence-corrected chi connectivity index (χ4v) is 4.71. The largest absolute Gasteiger partial charge is 0.491 e. The molecule has 0 bridgehead atoms. The standard InChI is InChI=1S/C29H36F3N7O3/c1-15(2)35-10-19-12-39(13-24(19)33)28-16(3)26(25-17(4)38-42-18(25)5)36-27(37-28)22-9-21(41-14-20(40)11-34-6)7-8-23(22)29(30,31)32/h7-10,15,20,34,40H,11-14,33H2,1-6H3/t20-/m1/s1. The average molecular weight is 588 g/mol. The summed E-state index contributed by atoms with van der Waals surface area (Å²) < 4.78 is 53.9. The van der Waals surface area contributed by atoms with E-state index in [1.165, 1.54) is 12.1 Å². The molecule has 0 saturated carbocycles. The fourth-order valence-electron chi connectivity index (χ4n) is 4.71. The first-order valence-corrected chi connectivity index (χ1v) is 13.5. The molecule has 0 spiro atoms. The summed E-state index contributed by atoms with van der Waals surface area (Å²) in [5, 5.41) is 16.9. The predicted molar refractivity (Wildman–Crippen MR) is 155 cm³/mol. The van der Waals surface area contributed by atoms with Crippen molar-refractivity contribution in [3.8, 4) is 28.4 Å². The average Bonchev–Trinajstić information content (AvgIpc) is 3.46. The van der Waals surface area contributed by atoms with Crippen molar-refractivity contribution < 1.29 is 27.5 Å². The lowest BCUT2D eigenvalue weighted by Gasteiger charge is -2.23. The number of aliphatic hydroxyl groups excluding tert-OH is 1. The summed E-state index contributed by atoms with van der Waals surface area (Å²) in [7, 11) is 1.67. The number of likely N-dealkylation sites (N-methyl/N-ethyl adjacent to an activating group) is 1. The molecule has 10 nitrogen and oxygen atoms in total. The van der Waals surface area contributed by atoms with E-state index in [0.717, 1.165) is 11.6 Å². The third-order valence-corrected chi connectivity index (χ3v) is 6.77. The number of benzene rings is 1. The zero-order valence-electron chi connectivity index (χ0n) is 24.5. The number of hydrogen-bond donors (Lipinski definition) is 3. The smallest absolute Gasteiger partial charge is 0.417 e. The van der Waals surface area contributed by atoms with Crippen molar-refractivity contribution in [2.45, 2.75) is 52.9 Å². The lowest BCUT2D eigenvalue weighted by Crippen LogP contribution is -2.29. The van der Waals surface area contributed by atoms with Crippen LogP contribution in [-0.2, 0) is 6.18 Å². The molecule has 4 N–H and O–H groups in total. The second-order valence-electron chi connectivity index (χ2n) is 10.5. The maximum absolute atomic E-state index is 14.3. The number of ether oxygens (including phenoxy) is 1. The van der Waals surface area contributed by atoms with Gasteiger partial charge in [0, 0.05) is 47.7 Å². The van der Waals surface area contributed by atoms with Crippen molar-refractivity contribution in [3.05, 3.63) is 52.1 Å². The second-order valence-corrected chi connectivity index (χ2v) is 10.5. The normalized spacial score (nSPS) is 15.0. The first-order valence-electron chi connectivity index (χ1n) is 13.5. The maximum Gasteiger partial charge on any atom is 0.417 e. The van der Waals surface area contributed by atoms with Crippen molar-refractivity contribution >= 4 is 12.0 Å². The third kappa shape index (κ3) is 6.73. The molecule has 2 aromatic heterocycles. The molecule has 0 radical (unpaired) electrons. The number of aromatic nitrogens is 3. The molecule has 0 amide bonds. The van der Waals surface area contributed by atoms with Crippen LogP contribution in [0.2, 0.25) is 0 Å². The molecule has 3 heterocycles. The Morgan fingerprint density at radius 2 is 1.95 bits per heavy atom. The molecule has 1 atom stereocenters. The topological polar surface area (TPSA) is 135 Å². The summed E-state index contributed by atoms with van der Waals surface area (Å²) in [6, 6.07) is 3.47. The number of rotatable bonds is 10. The van der Waals surface area contributed by atoms with Gasteiger partial charge >= 0.3 is 6.18 Å². The zero-order valence-corrected chi connectivity index (χ0v) is 24.5. The van der Waals surface area contributed by atoms with Gasteiger partial charge in [-0.2, -0.15) is 13.2 Å². The van der Waals surface area contributed by atoms with Crippen LogP contribution in [0.3, 0.4) is 0 Å². The van der Waals surface area contributed by atoms with Crippen molar-refractivity contribution in [2.75, 3.05) is 38.2 Å². The molecule has 1 aliphatic rings. The van der Waals surface area contributed by atoms with Crippen LogP contribution in [0.5, 0.6) is 5.75 Å². The first-order chi connectivity index (χ1) is 19.8. The Labute approximate surface area is 242 Å². The van der Waals surface area contributed by atoms with Crippen molar-refractivity contribution in [3.63, 3.8) is 0 Å². The first kappa shape index (κ1) is 31.0. The maximum atomic E-state index is 14.3. The van der Waals surface area contributed by atoms with E-state index in [1.54, 1.807) is 27.1 Å². The molecular formula is C29H36F3N7O3. The second kappa shape index (κ2) is 12.5. The number of anilines is 1. The predicted octanol–water partition coefficient (Wildman–Crippen LogP) is 4.21. The number of nitrogens with zero attached hydrogens (tertiary/aromatic N) is 5. The van der Waals surface area contributed by atoms with Crippen LogP contribution >= 0.6 is 0 Å². The van der Waals surface area contributed by atoms with E-state index >= 15 is 0 Å². The lowest BCUT2D eigenvalue weighted by molar-refractivity contribution is -0.137. The van der Waals surface area contributed by atoms with Gasteiger partial charge in [-0.1, -0.05) is 5.16 Å². The fraction of sp³-hybridized carbons (Fsp3) is 0.448. The Kier molecular flexibility index (Phi) is 9.21. The molecule has 0 saturated heterocycles. The monoisotopic (exact) mass is 587 g/mol. The van der Waals surface area contributed by atoms with Gasteiger partial charge in [0.2, 0.25) is 0 Å². The van der Waals surface area contributed by atoms with E-state index in [-0.39, 0.29) is 36.3 Å². The van der Waals surface area contributed by atoms with E-state index in [9.17, 15) is 18.3 Å². The molecule has 42 heavy (non-hydrogen) atoms. The van der Waals surface area contributed by atoms with Crippen LogP contribution in [0.1, 0.15) is 36.4 Å². The molecule has 1 aliphatic heterocycles. The van der Waals surface area contributed by atoms with E-state index in [4.69, 9.17) is 15.0 Å². The zero-order chi connectivity index (χ0) is 30.8. The summed E-state index contributed by atoms with van der Waals surface area (Å²) in [6.45, 7) is 10.0. The highest BCUT2D eigenvalue weighted by atomic mass is 19.4. The minimum Gasteiger partial charge on any atom is -0.491 e. The van der Waals surface area contributed by atoms with Gasteiger partial charge in [0.1, 0.15) is 30.0 Å². The molecule has 0 fully saturated rings. The summed E-state index contributed by atoms with van der Waals surface area (Å²) in [5.74, 6) is 0.885. The van der Waals surface area contributed by atoms with Crippen molar-refractivity contribution in [1.29, 1.82) is 0 Å². The minimum atomic E-state index is -4.70. The Morgan fingerprint density at radius 3 is 2.57 bits per heavy atom. The molecule has 1 aromatic carbocycles. The van der Waals surface area contributed by atoms with Crippen LogP contribution in [0.25, 0.3) is 22.6 Å². The van der Waals surface area contributed by atoms with Crippen LogP contribution in [0.15, 0.2) is 39.0 Å². The van der Waals surface area contributed by atoms with Gasteiger partial charge in [-0.3, -0.25) is 4.99 Å². The summed E-state index contributed by atoms with van der Waals surface area (Å²) in [4.78, 5) is 15.7. The van der Waals surface area contributed by atoms with Crippen LogP contribution in [-0.4, -0.2) is 71.9 Å². The van der Waals surface area contributed by atoms with Gasteiger partial charge in [0.05, 0.1) is 29.1 Å². The van der Waals surface area contributed by atoms with E-state index in [0.29, 0.717) is 52.9 Å². The molecule has 0 unspecified atom stereocenters. The van der Waals surface area contributed by atoms with Crippen LogP contribution in [0, 0.1) is 20.8 Å². The van der Waals surface area contributed by atoms with Gasteiger partial charge < -0.3 is 30.3 Å². The van der Waals surface area contributed by atoms with Gasteiger partial charge in [-0.05, 0) is 59.9 Å². The highest BCUT2D eigenvalue weighted by Crippen LogP contribution is 2.41. The van der Waals surface area contributed by atoms with Gasteiger partial charge in [-0.15, -0.1) is 0 Å². The summed E-state index contributed by atoms with van der Waals surface area (Å²) in [5.41, 5.74) is 8.73. The minimum absolute atomic E-state index is 0.0764. The quantitative estimate of drug-likeness (QED) is 0.298. The van der Waals surface area contributed by atoms with Crippen LogP contribution < -0.4 is 20.7 Å². The Morgan fingerprint density at radius 1 is 1.21 bits per heavy atom. The van der Waals surface area contributed by atoms with Gasteiger partial charge in [0.25, 0.3) is 0 Å².